The number of methoxy groups -OCH3 is 3. The summed E-state index contributed by atoms with van der Waals surface area (Å²) in [5, 5.41) is 7.94. The Morgan fingerprint density at radius 3 is 2.30 bits per heavy atom. The molecule has 0 aliphatic carbocycles. The predicted octanol–water partition coefficient (Wildman–Crippen LogP) is 1.47. The van der Waals surface area contributed by atoms with Gasteiger partial charge >= 0.3 is 0 Å². The molecule has 1 aromatic heterocycles. The Morgan fingerprint density at radius 2 is 1.74 bits per heavy atom. The number of nitrogens with zero attached hydrogens (tertiary/aromatic N) is 3. The van der Waals surface area contributed by atoms with Crippen molar-refractivity contribution < 1.29 is 14.2 Å². The van der Waals surface area contributed by atoms with Gasteiger partial charge in [0.25, 0.3) is 0 Å². The van der Waals surface area contributed by atoms with E-state index < -0.39 is 0 Å². The highest BCUT2D eigenvalue weighted by Gasteiger charge is 2.20. The van der Waals surface area contributed by atoms with Crippen LogP contribution in [0.15, 0.2) is 17.8 Å². The maximum absolute atomic E-state index is 5.75. The molecular formula is C15H19N5O3. The summed E-state index contributed by atoms with van der Waals surface area (Å²) in [6.07, 6.45) is 1.66. The van der Waals surface area contributed by atoms with Gasteiger partial charge < -0.3 is 25.7 Å². The molecule has 2 rings (SSSR count). The lowest BCUT2D eigenvalue weighted by Crippen LogP contribution is -2.05. The number of nitrogens with two attached hydrogens (primary N) is 2. The van der Waals surface area contributed by atoms with Crippen LogP contribution in [0.2, 0.25) is 0 Å². The Labute approximate surface area is 134 Å². The Balaban J connectivity index is 2.74. The Kier molecular flexibility index (Phi) is 4.85. The van der Waals surface area contributed by atoms with E-state index in [0.717, 1.165) is 0 Å². The lowest BCUT2D eigenvalue weighted by Gasteiger charge is -2.16. The number of hydrogen-bond acceptors (Lipinski definition) is 8. The minimum absolute atomic E-state index is 0.0562. The molecule has 0 unspecified atom stereocenters. The number of nitrogen functional groups attached to an aromatic ring is 1. The first-order valence-electron chi connectivity index (χ1n) is 6.75. The molecule has 23 heavy (non-hydrogen) atoms. The summed E-state index contributed by atoms with van der Waals surface area (Å²) in [5.41, 5.74) is 13.5. The summed E-state index contributed by atoms with van der Waals surface area (Å²) < 4.78 is 16.1. The van der Waals surface area contributed by atoms with E-state index in [0.29, 0.717) is 39.9 Å². The second kappa shape index (κ2) is 6.82. The molecule has 0 spiro atoms. The van der Waals surface area contributed by atoms with Gasteiger partial charge in [0.2, 0.25) is 11.7 Å². The van der Waals surface area contributed by atoms with Crippen LogP contribution in [0.1, 0.15) is 12.6 Å². The Bertz CT molecular complexity index is 742. The molecule has 0 saturated heterocycles. The van der Waals surface area contributed by atoms with E-state index in [1.54, 1.807) is 32.2 Å². The summed E-state index contributed by atoms with van der Waals surface area (Å²) >= 11 is 0. The zero-order valence-corrected chi connectivity index (χ0v) is 13.5. The molecule has 8 heteroatoms. The average Bonchev–Trinajstić information content (AvgIpc) is 2.53. The molecule has 4 N–H and O–H groups in total. The van der Waals surface area contributed by atoms with Gasteiger partial charge in [0.1, 0.15) is 5.69 Å². The van der Waals surface area contributed by atoms with Crippen LogP contribution < -0.4 is 25.7 Å². The number of allylic oxidation sites excluding steroid dienone is 1. The number of hydrogen-bond donors (Lipinski definition) is 2. The van der Waals surface area contributed by atoms with Crippen LogP contribution in [0.3, 0.4) is 0 Å². The van der Waals surface area contributed by atoms with Crippen molar-refractivity contribution >= 4 is 12.0 Å². The number of ether oxygens (including phenoxy) is 3. The van der Waals surface area contributed by atoms with Crippen molar-refractivity contribution in [1.82, 2.24) is 15.2 Å². The molecule has 0 bridgehead atoms. The number of rotatable bonds is 5. The van der Waals surface area contributed by atoms with Crippen LogP contribution in [0.5, 0.6) is 17.2 Å². The van der Waals surface area contributed by atoms with Crippen LogP contribution in [0.25, 0.3) is 17.3 Å². The molecule has 0 atom stereocenters. The number of aromatic nitrogens is 3. The van der Waals surface area contributed by atoms with Gasteiger partial charge in [-0.3, -0.25) is 0 Å². The first kappa shape index (κ1) is 16.3. The zero-order valence-electron chi connectivity index (χ0n) is 13.5. The third-order valence-electron chi connectivity index (χ3n) is 3.05. The Hall–Kier alpha value is -3.03. The van der Waals surface area contributed by atoms with Crippen LogP contribution in [-0.4, -0.2) is 36.5 Å². The lowest BCUT2D eigenvalue weighted by molar-refractivity contribution is 0.325. The molecule has 8 nitrogen and oxygen atoms in total. The summed E-state index contributed by atoms with van der Waals surface area (Å²) in [4.78, 5) is 4.18. The van der Waals surface area contributed by atoms with Crippen molar-refractivity contribution in [2.45, 2.75) is 6.92 Å². The maximum Gasteiger partial charge on any atom is 0.240 e. The summed E-state index contributed by atoms with van der Waals surface area (Å²) in [5.74, 6) is 1.50. The molecule has 0 aliphatic heterocycles. The van der Waals surface area contributed by atoms with Gasteiger partial charge in [-0.15, -0.1) is 10.2 Å². The Morgan fingerprint density at radius 1 is 1.04 bits per heavy atom. The largest absolute Gasteiger partial charge is 0.493 e. The van der Waals surface area contributed by atoms with Gasteiger partial charge in [0, 0.05) is 5.70 Å². The lowest BCUT2D eigenvalue weighted by atomic mass is 10.1. The fourth-order valence-corrected chi connectivity index (χ4v) is 2.15. The van der Waals surface area contributed by atoms with Crippen LogP contribution in [0.4, 0.5) is 5.95 Å². The molecular weight excluding hydrogens is 298 g/mol. The molecule has 0 aliphatic rings. The van der Waals surface area contributed by atoms with Gasteiger partial charge in [0.05, 0.1) is 32.6 Å². The van der Waals surface area contributed by atoms with E-state index in [9.17, 15) is 0 Å². The predicted molar refractivity (Wildman–Crippen MR) is 87.2 cm³/mol. The topological polar surface area (TPSA) is 118 Å². The second-order valence-electron chi connectivity index (χ2n) is 4.67. The highest BCUT2D eigenvalue weighted by Crippen LogP contribution is 2.44. The quantitative estimate of drug-likeness (QED) is 0.851. The van der Waals surface area contributed by atoms with E-state index in [1.165, 1.54) is 14.2 Å². The highest BCUT2D eigenvalue weighted by atomic mass is 16.5. The van der Waals surface area contributed by atoms with Crippen molar-refractivity contribution in [1.29, 1.82) is 0 Å². The smallest absolute Gasteiger partial charge is 0.240 e. The molecule has 0 fully saturated rings. The van der Waals surface area contributed by atoms with E-state index in [1.807, 2.05) is 0 Å². The molecule has 0 saturated carbocycles. The second-order valence-corrected chi connectivity index (χ2v) is 4.67. The fraction of sp³-hybridized carbons (Fsp3) is 0.267. The van der Waals surface area contributed by atoms with Gasteiger partial charge in [-0.1, -0.05) is 0 Å². The third kappa shape index (κ3) is 3.25. The zero-order chi connectivity index (χ0) is 17.0. The van der Waals surface area contributed by atoms with Crippen molar-refractivity contribution in [2.24, 2.45) is 5.73 Å². The van der Waals surface area contributed by atoms with E-state index in [4.69, 9.17) is 25.7 Å². The van der Waals surface area contributed by atoms with Crippen LogP contribution in [0, 0.1) is 0 Å². The first-order chi connectivity index (χ1) is 11.0. The molecule has 0 amide bonds. The molecule has 1 heterocycles. The van der Waals surface area contributed by atoms with E-state index in [2.05, 4.69) is 15.2 Å². The van der Waals surface area contributed by atoms with Gasteiger partial charge in [-0.2, -0.15) is 0 Å². The number of benzene rings is 1. The number of anilines is 1. The maximum atomic E-state index is 5.75. The monoisotopic (exact) mass is 317 g/mol. The SMILES string of the molecule is COc1ccc(-c2nnc(N)nc2C=C(C)N)c(OC)c1OC. The molecule has 122 valence electrons. The van der Waals surface area contributed by atoms with E-state index >= 15 is 0 Å². The normalized spacial score (nSPS) is 11.2. The fourth-order valence-electron chi connectivity index (χ4n) is 2.15. The van der Waals surface area contributed by atoms with Crippen molar-refractivity contribution in [3.8, 4) is 28.5 Å². The molecule has 0 radical (unpaired) electrons. The van der Waals surface area contributed by atoms with Gasteiger partial charge in [0.15, 0.2) is 11.5 Å². The van der Waals surface area contributed by atoms with Crippen molar-refractivity contribution in [2.75, 3.05) is 27.1 Å². The van der Waals surface area contributed by atoms with E-state index in [-0.39, 0.29) is 5.95 Å². The third-order valence-corrected chi connectivity index (χ3v) is 3.05. The highest BCUT2D eigenvalue weighted by molar-refractivity contribution is 5.79. The van der Waals surface area contributed by atoms with Crippen molar-refractivity contribution in [3.05, 3.63) is 23.5 Å². The minimum atomic E-state index is 0.0562. The van der Waals surface area contributed by atoms with Gasteiger partial charge in [-0.25, -0.2) is 4.98 Å². The van der Waals surface area contributed by atoms with Crippen molar-refractivity contribution in [3.63, 3.8) is 0 Å². The first-order valence-corrected chi connectivity index (χ1v) is 6.75. The summed E-state index contributed by atoms with van der Waals surface area (Å²) in [6, 6.07) is 3.53. The molecule has 2 aromatic rings. The summed E-state index contributed by atoms with van der Waals surface area (Å²) in [7, 11) is 4.61. The van der Waals surface area contributed by atoms with Crippen LogP contribution in [-0.2, 0) is 0 Å². The standard InChI is InChI=1S/C15H19N5O3/c1-8(16)7-10-12(19-20-15(17)18-10)9-5-6-11(21-2)14(23-4)13(9)22-3/h5-7H,16H2,1-4H3,(H2,17,18,20). The average molecular weight is 317 g/mol. The molecule has 1 aromatic carbocycles. The summed E-state index contributed by atoms with van der Waals surface area (Å²) in [6.45, 7) is 1.74. The van der Waals surface area contributed by atoms with Crippen LogP contribution >= 0.6 is 0 Å². The minimum Gasteiger partial charge on any atom is -0.493 e. The van der Waals surface area contributed by atoms with Gasteiger partial charge in [-0.05, 0) is 25.1 Å².